The smallest absolute Gasteiger partial charge is 0.252 e. The number of benzene rings is 1. The van der Waals surface area contributed by atoms with Crippen molar-refractivity contribution in [1.29, 1.82) is 0 Å². The van der Waals surface area contributed by atoms with E-state index in [0.717, 1.165) is 16.8 Å². The summed E-state index contributed by atoms with van der Waals surface area (Å²) in [5, 5.41) is 17.9. The van der Waals surface area contributed by atoms with Crippen LogP contribution in [-0.2, 0) is 14.3 Å². The maximum absolute atomic E-state index is 13.0. The second kappa shape index (κ2) is 8.64. The molecule has 1 aromatic carbocycles. The Labute approximate surface area is 184 Å². The molecule has 0 unspecified atom stereocenters. The minimum Gasteiger partial charge on any atom is -0.508 e. The molecule has 168 valence electrons. The van der Waals surface area contributed by atoms with E-state index in [1.54, 1.807) is 47.1 Å². The number of phenols is 1. The molecule has 0 radical (unpaired) electrons. The van der Waals surface area contributed by atoms with Gasteiger partial charge in [0.1, 0.15) is 18.5 Å². The molecule has 2 aromatic heterocycles. The maximum atomic E-state index is 13.0. The van der Waals surface area contributed by atoms with Gasteiger partial charge in [0.2, 0.25) is 5.88 Å². The molecule has 32 heavy (non-hydrogen) atoms. The number of hydrogen-bond acceptors (Lipinski definition) is 8. The number of carbonyl (C=O) groups is 1. The van der Waals surface area contributed by atoms with Crippen molar-refractivity contribution < 1.29 is 24.1 Å². The Bertz CT molecular complexity index is 1130. The van der Waals surface area contributed by atoms with E-state index < -0.39 is 6.10 Å². The number of amides is 1. The summed E-state index contributed by atoms with van der Waals surface area (Å²) in [5.74, 6) is 0.526. The Kier molecular flexibility index (Phi) is 5.54. The summed E-state index contributed by atoms with van der Waals surface area (Å²) in [4.78, 5) is 19.4. The van der Waals surface area contributed by atoms with Gasteiger partial charge in [-0.15, -0.1) is 0 Å². The van der Waals surface area contributed by atoms with Crippen LogP contribution in [0.4, 0.5) is 5.69 Å². The van der Waals surface area contributed by atoms with Crippen LogP contribution in [0, 0.1) is 0 Å². The van der Waals surface area contributed by atoms with Gasteiger partial charge in [0.15, 0.2) is 5.65 Å². The van der Waals surface area contributed by atoms with Gasteiger partial charge in [0.25, 0.3) is 5.91 Å². The van der Waals surface area contributed by atoms with Gasteiger partial charge in [0.05, 0.1) is 25.5 Å². The number of rotatable bonds is 4. The topological polar surface area (TPSA) is 110 Å². The molecule has 1 amide bonds. The fourth-order valence-electron chi connectivity index (χ4n) is 4.21. The third kappa shape index (κ3) is 3.94. The minimum atomic E-state index is -0.515. The van der Waals surface area contributed by atoms with Crippen LogP contribution in [0.15, 0.2) is 36.7 Å². The van der Waals surface area contributed by atoms with Gasteiger partial charge in [-0.2, -0.15) is 10.1 Å². The summed E-state index contributed by atoms with van der Waals surface area (Å²) in [5.41, 5.74) is 2.94. The predicted octanol–water partition coefficient (Wildman–Crippen LogP) is 1.54. The molecule has 0 aliphatic carbocycles. The maximum Gasteiger partial charge on any atom is 0.252 e. The van der Waals surface area contributed by atoms with Gasteiger partial charge < -0.3 is 29.5 Å². The monoisotopic (exact) mass is 439 g/mol. The molecule has 4 bridgehead atoms. The third-order valence-electron chi connectivity index (χ3n) is 5.77. The van der Waals surface area contributed by atoms with Crippen molar-refractivity contribution >= 4 is 17.2 Å². The van der Waals surface area contributed by atoms with Crippen LogP contribution in [0.1, 0.15) is 6.42 Å². The number of ether oxygens (including phenoxy) is 3. The van der Waals surface area contributed by atoms with Crippen LogP contribution in [0.5, 0.6) is 11.6 Å². The van der Waals surface area contributed by atoms with Crippen molar-refractivity contribution in [3.8, 4) is 22.8 Å². The van der Waals surface area contributed by atoms with Crippen molar-refractivity contribution in [3.63, 3.8) is 0 Å². The number of methoxy groups -OCH3 is 1. The molecule has 3 aromatic rings. The molecule has 5 rings (SSSR count). The number of phenolic OH excluding ortho intramolecular Hbond substituents is 1. The summed E-state index contributed by atoms with van der Waals surface area (Å²) in [7, 11) is 1.60. The van der Waals surface area contributed by atoms with Gasteiger partial charge in [0, 0.05) is 56.2 Å². The normalized spacial score (nSPS) is 20.7. The number of carbonyl (C=O) groups excluding carboxylic acids is 1. The molecule has 0 spiro atoms. The fraction of sp³-hybridized carbons (Fsp3) is 0.409. The van der Waals surface area contributed by atoms with Gasteiger partial charge in [-0.1, -0.05) is 0 Å². The summed E-state index contributed by atoms with van der Waals surface area (Å²) in [6.45, 7) is 2.11. The number of anilines is 1. The zero-order chi connectivity index (χ0) is 22.1. The Morgan fingerprint density at radius 2 is 2.22 bits per heavy atom. The lowest BCUT2D eigenvalue weighted by molar-refractivity contribution is -0.138. The Morgan fingerprint density at radius 3 is 3.09 bits per heavy atom. The molecule has 2 N–H and O–H groups in total. The van der Waals surface area contributed by atoms with E-state index in [1.165, 1.54) is 0 Å². The SMILES string of the molecule is COCCO[C@@H]1C[C@H]2COc3ccn4ncc(c4n3)-c3cc(O)cc(c3)NCCN2C1=O. The van der Waals surface area contributed by atoms with E-state index in [1.807, 2.05) is 6.07 Å². The first-order chi connectivity index (χ1) is 15.6. The Balaban J connectivity index is 1.47. The van der Waals surface area contributed by atoms with Crippen molar-refractivity contribution in [2.45, 2.75) is 18.6 Å². The number of fused-ring (bicyclic) bond motifs is 5. The highest BCUT2D eigenvalue weighted by molar-refractivity contribution is 5.84. The van der Waals surface area contributed by atoms with E-state index in [9.17, 15) is 9.90 Å². The van der Waals surface area contributed by atoms with Gasteiger partial charge >= 0.3 is 0 Å². The highest BCUT2D eigenvalue weighted by Gasteiger charge is 2.40. The summed E-state index contributed by atoms with van der Waals surface area (Å²) < 4.78 is 18.4. The molecule has 4 heterocycles. The molecule has 0 saturated carbocycles. The van der Waals surface area contributed by atoms with Crippen LogP contribution in [0.25, 0.3) is 16.8 Å². The van der Waals surface area contributed by atoms with Crippen molar-refractivity contribution in [2.24, 2.45) is 0 Å². The molecular weight excluding hydrogens is 414 g/mol. The second-order valence-electron chi connectivity index (χ2n) is 7.87. The zero-order valence-corrected chi connectivity index (χ0v) is 17.7. The molecule has 2 aliphatic heterocycles. The molecule has 2 atom stereocenters. The average molecular weight is 439 g/mol. The van der Waals surface area contributed by atoms with Crippen molar-refractivity contribution in [2.75, 3.05) is 45.3 Å². The highest BCUT2D eigenvalue weighted by atomic mass is 16.5. The lowest BCUT2D eigenvalue weighted by Crippen LogP contribution is -2.41. The standard InChI is InChI=1S/C22H25N5O5/c1-30-6-7-31-19-11-16-13-32-20-2-4-27-21(25-20)18(12-24-27)14-8-15(10-17(28)9-14)23-3-5-26(16)22(19)29/h2,4,8-10,12,16,19,23,28H,3,5-7,11,13H2,1H3/t16-,19+/m0/s1. The molecule has 1 fully saturated rings. The molecule has 10 nitrogen and oxygen atoms in total. The van der Waals surface area contributed by atoms with Gasteiger partial charge in [-0.3, -0.25) is 4.79 Å². The van der Waals surface area contributed by atoms with E-state index in [0.29, 0.717) is 50.9 Å². The predicted molar refractivity (Wildman–Crippen MR) is 116 cm³/mol. The fourth-order valence-corrected chi connectivity index (χ4v) is 4.21. The molecule has 1 saturated heterocycles. The third-order valence-corrected chi connectivity index (χ3v) is 5.77. The first-order valence-corrected chi connectivity index (χ1v) is 10.6. The number of aromatic nitrogens is 3. The number of hydrogen-bond donors (Lipinski definition) is 2. The van der Waals surface area contributed by atoms with Crippen molar-refractivity contribution in [1.82, 2.24) is 19.5 Å². The van der Waals surface area contributed by atoms with Gasteiger partial charge in [-0.05, 0) is 17.7 Å². The Morgan fingerprint density at radius 1 is 1.31 bits per heavy atom. The Hall–Kier alpha value is -3.37. The summed E-state index contributed by atoms with van der Waals surface area (Å²) >= 11 is 0. The lowest BCUT2D eigenvalue weighted by Gasteiger charge is -2.25. The lowest BCUT2D eigenvalue weighted by atomic mass is 10.1. The number of nitrogens with one attached hydrogen (secondary N) is 1. The van der Waals surface area contributed by atoms with Crippen LogP contribution in [0.2, 0.25) is 0 Å². The molecule has 10 heteroatoms. The zero-order valence-electron chi connectivity index (χ0n) is 17.7. The van der Waals surface area contributed by atoms with Crippen LogP contribution in [0.3, 0.4) is 0 Å². The number of aromatic hydroxyl groups is 1. The average Bonchev–Trinajstić information content (AvgIpc) is 3.33. The van der Waals surface area contributed by atoms with E-state index >= 15 is 0 Å². The van der Waals surface area contributed by atoms with E-state index in [-0.39, 0.29) is 17.7 Å². The van der Waals surface area contributed by atoms with Crippen LogP contribution >= 0.6 is 0 Å². The van der Waals surface area contributed by atoms with E-state index in [2.05, 4.69) is 15.4 Å². The highest BCUT2D eigenvalue weighted by Crippen LogP contribution is 2.31. The first kappa shape index (κ1) is 20.5. The molecule has 2 aliphatic rings. The number of nitrogens with zero attached hydrogens (tertiary/aromatic N) is 4. The quantitative estimate of drug-likeness (QED) is 0.589. The van der Waals surface area contributed by atoms with E-state index in [4.69, 9.17) is 14.2 Å². The van der Waals surface area contributed by atoms with Crippen molar-refractivity contribution in [3.05, 3.63) is 36.7 Å². The van der Waals surface area contributed by atoms with Gasteiger partial charge in [-0.25, -0.2) is 4.52 Å². The minimum absolute atomic E-state index is 0.0540. The van der Waals surface area contributed by atoms with Crippen LogP contribution in [-0.4, -0.2) is 82.7 Å². The summed E-state index contributed by atoms with van der Waals surface area (Å²) in [6.07, 6.45) is 3.52. The largest absolute Gasteiger partial charge is 0.508 e. The second-order valence-corrected chi connectivity index (χ2v) is 7.87. The molecular formula is C22H25N5O5. The first-order valence-electron chi connectivity index (χ1n) is 10.6. The summed E-state index contributed by atoms with van der Waals surface area (Å²) in [6, 6.07) is 6.87. The van der Waals surface area contributed by atoms with Crippen LogP contribution < -0.4 is 10.1 Å².